The van der Waals surface area contributed by atoms with Gasteiger partial charge in [-0.05, 0) is 44.9 Å². The minimum atomic E-state index is -0.0902. The van der Waals surface area contributed by atoms with Gasteiger partial charge in [-0.15, -0.1) is 35.7 Å². The fourth-order valence-corrected chi connectivity index (χ4v) is 3.91. The second-order valence-corrected chi connectivity index (χ2v) is 8.33. The topological polar surface area (TPSA) is 59.9 Å². The SMILES string of the molecule is CCNC(=NCC(C)Sc1ccccc1)NCCCN1CCC(O)CC1.I. The highest BCUT2D eigenvalue weighted by Gasteiger charge is 2.16. The van der Waals surface area contributed by atoms with Gasteiger partial charge >= 0.3 is 0 Å². The fraction of sp³-hybridized carbons (Fsp3) is 0.650. The van der Waals surface area contributed by atoms with E-state index in [-0.39, 0.29) is 30.1 Å². The van der Waals surface area contributed by atoms with Crippen LogP contribution >= 0.6 is 35.7 Å². The molecule has 2 rings (SSSR count). The van der Waals surface area contributed by atoms with Crippen molar-refractivity contribution in [1.82, 2.24) is 15.5 Å². The van der Waals surface area contributed by atoms with Gasteiger partial charge in [0, 0.05) is 36.3 Å². The highest BCUT2D eigenvalue weighted by atomic mass is 127. The van der Waals surface area contributed by atoms with Crippen LogP contribution < -0.4 is 10.6 Å². The lowest BCUT2D eigenvalue weighted by Crippen LogP contribution is -2.40. The fourth-order valence-electron chi connectivity index (χ4n) is 2.98. The van der Waals surface area contributed by atoms with Gasteiger partial charge in [0.2, 0.25) is 0 Å². The predicted molar refractivity (Wildman–Crippen MR) is 127 cm³/mol. The van der Waals surface area contributed by atoms with Gasteiger partial charge in [-0.2, -0.15) is 0 Å². The number of hydrogen-bond donors (Lipinski definition) is 3. The second kappa shape index (κ2) is 14.5. The zero-order valence-corrected chi connectivity index (χ0v) is 19.7. The quantitative estimate of drug-likeness (QED) is 0.158. The Morgan fingerprint density at radius 1 is 1.26 bits per heavy atom. The number of rotatable bonds is 9. The van der Waals surface area contributed by atoms with Crippen LogP contribution in [-0.4, -0.2) is 66.6 Å². The molecule has 5 nitrogen and oxygen atoms in total. The summed E-state index contributed by atoms with van der Waals surface area (Å²) in [6.07, 6.45) is 2.82. The molecule has 1 heterocycles. The standard InChI is InChI=1S/C20H34N4OS.HI/c1-3-21-20(22-12-7-13-24-14-10-18(25)11-15-24)23-16-17(2)26-19-8-5-4-6-9-19;/h4-6,8-9,17-18,25H,3,7,10-16H2,1-2H3,(H2,21,22,23);1H. The molecule has 1 atom stereocenters. The van der Waals surface area contributed by atoms with Crippen molar-refractivity contribution in [3.05, 3.63) is 30.3 Å². The average Bonchev–Trinajstić information content (AvgIpc) is 2.65. The van der Waals surface area contributed by atoms with Crippen LogP contribution in [0.1, 0.15) is 33.1 Å². The number of benzene rings is 1. The first-order chi connectivity index (χ1) is 12.7. The van der Waals surface area contributed by atoms with Crippen molar-refractivity contribution in [3.63, 3.8) is 0 Å². The Labute approximate surface area is 185 Å². The monoisotopic (exact) mass is 506 g/mol. The molecule has 0 bridgehead atoms. The average molecular weight is 506 g/mol. The van der Waals surface area contributed by atoms with E-state index in [1.165, 1.54) is 4.90 Å². The third-order valence-corrected chi connectivity index (χ3v) is 5.53. The number of aliphatic hydroxyl groups is 1. The van der Waals surface area contributed by atoms with Crippen molar-refractivity contribution < 1.29 is 5.11 Å². The number of halogens is 1. The van der Waals surface area contributed by atoms with Crippen LogP contribution in [0.5, 0.6) is 0 Å². The number of piperidine rings is 1. The first kappa shape index (κ1) is 24.5. The Morgan fingerprint density at radius 2 is 1.96 bits per heavy atom. The molecule has 0 amide bonds. The third-order valence-electron chi connectivity index (χ3n) is 4.43. The molecule has 0 saturated carbocycles. The molecule has 3 N–H and O–H groups in total. The Hall–Kier alpha value is -0.510. The maximum atomic E-state index is 9.56. The number of aliphatic hydroxyl groups excluding tert-OH is 1. The number of nitrogens with zero attached hydrogens (tertiary/aromatic N) is 2. The van der Waals surface area contributed by atoms with E-state index in [9.17, 15) is 5.11 Å². The molecule has 1 saturated heterocycles. The normalized spacial score (nSPS) is 17.2. The lowest BCUT2D eigenvalue weighted by atomic mass is 10.1. The molecule has 7 heteroatoms. The van der Waals surface area contributed by atoms with Crippen molar-refractivity contribution in [2.24, 2.45) is 4.99 Å². The number of aliphatic imine (C=N–C) groups is 1. The number of hydrogen-bond acceptors (Lipinski definition) is 4. The van der Waals surface area contributed by atoms with Crippen molar-refractivity contribution in [3.8, 4) is 0 Å². The van der Waals surface area contributed by atoms with Gasteiger partial charge < -0.3 is 20.6 Å². The molecule has 0 aliphatic carbocycles. The van der Waals surface area contributed by atoms with E-state index in [4.69, 9.17) is 4.99 Å². The Bertz CT molecular complexity index is 524. The first-order valence-electron chi connectivity index (χ1n) is 9.81. The van der Waals surface area contributed by atoms with Gasteiger partial charge in [0.1, 0.15) is 0 Å². The third kappa shape index (κ3) is 10.6. The Balaban J connectivity index is 0.00000364. The lowest BCUT2D eigenvalue weighted by Gasteiger charge is -2.29. The Morgan fingerprint density at radius 3 is 2.63 bits per heavy atom. The van der Waals surface area contributed by atoms with Crippen LogP contribution in [0.25, 0.3) is 0 Å². The molecule has 1 aliphatic heterocycles. The number of thioether (sulfide) groups is 1. The lowest BCUT2D eigenvalue weighted by molar-refractivity contribution is 0.0823. The summed E-state index contributed by atoms with van der Waals surface area (Å²) in [6, 6.07) is 10.5. The summed E-state index contributed by atoms with van der Waals surface area (Å²) < 4.78 is 0. The van der Waals surface area contributed by atoms with E-state index in [1.807, 2.05) is 17.8 Å². The summed E-state index contributed by atoms with van der Waals surface area (Å²) in [7, 11) is 0. The van der Waals surface area contributed by atoms with Crippen LogP contribution in [-0.2, 0) is 0 Å². The summed E-state index contributed by atoms with van der Waals surface area (Å²) in [5, 5.41) is 16.8. The minimum Gasteiger partial charge on any atom is -0.393 e. The van der Waals surface area contributed by atoms with Crippen LogP contribution in [0.15, 0.2) is 40.2 Å². The summed E-state index contributed by atoms with van der Waals surface area (Å²) in [6.45, 7) is 10.0. The van der Waals surface area contributed by atoms with Crippen LogP contribution in [0, 0.1) is 0 Å². The molecule has 154 valence electrons. The molecule has 0 spiro atoms. The van der Waals surface area contributed by atoms with E-state index in [2.05, 4.69) is 53.6 Å². The summed E-state index contributed by atoms with van der Waals surface area (Å²) in [5.41, 5.74) is 0. The van der Waals surface area contributed by atoms with Gasteiger partial charge in [-0.3, -0.25) is 4.99 Å². The number of nitrogens with one attached hydrogen (secondary N) is 2. The van der Waals surface area contributed by atoms with Gasteiger partial charge in [-0.1, -0.05) is 25.1 Å². The van der Waals surface area contributed by atoms with Crippen molar-refractivity contribution in [2.75, 3.05) is 39.3 Å². The molecular formula is C20H35IN4OS. The summed E-state index contributed by atoms with van der Waals surface area (Å²) in [5.74, 6) is 0.905. The van der Waals surface area contributed by atoms with Gasteiger partial charge in [0.15, 0.2) is 5.96 Å². The minimum absolute atomic E-state index is 0. The molecule has 0 aromatic heterocycles. The molecular weight excluding hydrogens is 471 g/mol. The second-order valence-electron chi connectivity index (χ2n) is 6.81. The highest BCUT2D eigenvalue weighted by Crippen LogP contribution is 2.22. The van der Waals surface area contributed by atoms with E-state index in [0.717, 1.165) is 64.5 Å². The zero-order valence-electron chi connectivity index (χ0n) is 16.6. The smallest absolute Gasteiger partial charge is 0.191 e. The van der Waals surface area contributed by atoms with E-state index in [0.29, 0.717) is 5.25 Å². The van der Waals surface area contributed by atoms with E-state index >= 15 is 0 Å². The molecule has 27 heavy (non-hydrogen) atoms. The van der Waals surface area contributed by atoms with Crippen LogP contribution in [0.4, 0.5) is 0 Å². The number of likely N-dealkylation sites (tertiary alicyclic amines) is 1. The van der Waals surface area contributed by atoms with Crippen molar-refractivity contribution in [1.29, 1.82) is 0 Å². The predicted octanol–water partition coefficient (Wildman–Crippen LogP) is 3.19. The van der Waals surface area contributed by atoms with Crippen molar-refractivity contribution in [2.45, 2.75) is 49.4 Å². The maximum Gasteiger partial charge on any atom is 0.191 e. The molecule has 1 unspecified atom stereocenters. The summed E-state index contributed by atoms with van der Waals surface area (Å²) >= 11 is 1.86. The zero-order chi connectivity index (χ0) is 18.6. The van der Waals surface area contributed by atoms with E-state index < -0.39 is 0 Å². The molecule has 1 aromatic rings. The molecule has 1 aliphatic rings. The summed E-state index contributed by atoms with van der Waals surface area (Å²) in [4.78, 5) is 8.46. The van der Waals surface area contributed by atoms with Crippen LogP contribution in [0.2, 0.25) is 0 Å². The number of guanidine groups is 1. The van der Waals surface area contributed by atoms with E-state index in [1.54, 1.807) is 0 Å². The van der Waals surface area contributed by atoms with Gasteiger partial charge in [0.25, 0.3) is 0 Å². The van der Waals surface area contributed by atoms with Gasteiger partial charge in [-0.25, -0.2) is 0 Å². The molecule has 1 fully saturated rings. The maximum absolute atomic E-state index is 9.56. The van der Waals surface area contributed by atoms with Crippen LogP contribution in [0.3, 0.4) is 0 Å². The Kier molecular flexibility index (Phi) is 13.2. The largest absolute Gasteiger partial charge is 0.393 e. The molecule has 1 aromatic carbocycles. The van der Waals surface area contributed by atoms with Gasteiger partial charge in [0.05, 0.1) is 12.6 Å². The first-order valence-corrected chi connectivity index (χ1v) is 10.7. The highest BCUT2D eigenvalue weighted by molar-refractivity contribution is 14.0. The molecule has 0 radical (unpaired) electrons. The van der Waals surface area contributed by atoms with Crippen molar-refractivity contribution >= 4 is 41.7 Å².